The first-order valence-corrected chi connectivity index (χ1v) is 8.41. The van der Waals surface area contributed by atoms with Gasteiger partial charge in [0.1, 0.15) is 12.4 Å². The van der Waals surface area contributed by atoms with Crippen molar-refractivity contribution in [3.05, 3.63) is 18.2 Å². The van der Waals surface area contributed by atoms with Crippen molar-refractivity contribution in [2.24, 2.45) is 4.99 Å². The Morgan fingerprint density at radius 3 is 2.64 bits per heavy atom. The van der Waals surface area contributed by atoms with Crippen molar-refractivity contribution in [1.29, 1.82) is 0 Å². The Labute approximate surface area is 147 Å². The van der Waals surface area contributed by atoms with Crippen LogP contribution in [0.5, 0.6) is 17.2 Å². The van der Waals surface area contributed by atoms with Gasteiger partial charge in [0, 0.05) is 46.2 Å². The summed E-state index contributed by atoms with van der Waals surface area (Å²) in [6, 6.07) is 5.54. The number of ether oxygens (including phenoxy) is 3. The predicted molar refractivity (Wildman–Crippen MR) is 93.2 cm³/mol. The molecule has 136 valence electrons. The van der Waals surface area contributed by atoms with Crippen molar-refractivity contribution in [3.8, 4) is 17.2 Å². The Morgan fingerprint density at radius 1 is 1.20 bits per heavy atom. The largest absolute Gasteiger partial charge is 0.492 e. The number of carbonyl (C=O) groups excluding carboxylic acids is 1. The lowest BCUT2D eigenvalue weighted by Gasteiger charge is -2.36. The Bertz CT molecular complexity index is 642. The number of benzene rings is 1. The van der Waals surface area contributed by atoms with Gasteiger partial charge in [-0.05, 0) is 12.1 Å². The fraction of sp³-hybridized carbons (Fsp3) is 0.529. The van der Waals surface area contributed by atoms with E-state index < -0.39 is 0 Å². The van der Waals surface area contributed by atoms with Gasteiger partial charge in [-0.2, -0.15) is 0 Å². The number of piperazine rings is 1. The number of fused-ring (bicyclic) bond motifs is 1. The number of amides is 1. The molecule has 0 atom stereocenters. The molecule has 1 amide bonds. The Hall–Kier alpha value is -2.64. The summed E-state index contributed by atoms with van der Waals surface area (Å²) in [5, 5.41) is 3.30. The molecule has 2 aliphatic rings. The van der Waals surface area contributed by atoms with E-state index in [1.54, 1.807) is 14.0 Å². The number of guanidine groups is 1. The third kappa shape index (κ3) is 4.26. The lowest BCUT2D eigenvalue weighted by molar-refractivity contribution is -0.130. The van der Waals surface area contributed by atoms with Crippen molar-refractivity contribution in [3.63, 3.8) is 0 Å². The van der Waals surface area contributed by atoms with Gasteiger partial charge >= 0.3 is 0 Å². The van der Waals surface area contributed by atoms with E-state index in [2.05, 4.69) is 15.2 Å². The summed E-state index contributed by atoms with van der Waals surface area (Å²) in [5.41, 5.74) is 0. The van der Waals surface area contributed by atoms with E-state index in [0.717, 1.165) is 43.6 Å². The van der Waals surface area contributed by atoms with Crippen molar-refractivity contribution in [1.82, 2.24) is 15.1 Å². The van der Waals surface area contributed by atoms with Crippen LogP contribution in [0.25, 0.3) is 0 Å². The molecule has 1 fully saturated rings. The minimum absolute atomic E-state index is 0.125. The molecule has 3 rings (SSSR count). The fourth-order valence-electron chi connectivity index (χ4n) is 2.86. The Kier molecular flexibility index (Phi) is 5.47. The Morgan fingerprint density at radius 2 is 1.92 bits per heavy atom. The van der Waals surface area contributed by atoms with Crippen LogP contribution < -0.4 is 19.5 Å². The highest BCUT2D eigenvalue weighted by Gasteiger charge is 2.20. The topological polar surface area (TPSA) is 75.6 Å². The Balaban J connectivity index is 1.41. The van der Waals surface area contributed by atoms with E-state index in [4.69, 9.17) is 14.2 Å². The molecule has 8 heteroatoms. The van der Waals surface area contributed by atoms with Crippen LogP contribution >= 0.6 is 0 Å². The third-order valence-corrected chi connectivity index (χ3v) is 4.23. The average Bonchev–Trinajstić information content (AvgIpc) is 3.10. The van der Waals surface area contributed by atoms with Crippen LogP contribution in [0.1, 0.15) is 6.92 Å². The van der Waals surface area contributed by atoms with Gasteiger partial charge in [-0.3, -0.25) is 9.79 Å². The van der Waals surface area contributed by atoms with Crippen LogP contribution in [0.3, 0.4) is 0 Å². The minimum atomic E-state index is 0.125. The van der Waals surface area contributed by atoms with Crippen molar-refractivity contribution in [2.45, 2.75) is 6.92 Å². The van der Waals surface area contributed by atoms with E-state index in [1.165, 1.54) is 0 Å². The number of aliphatic imine (C=N–C) groups is 1. The molecule has 1 saturated heterocycles. The lowest BCUT2D eigenvalue weighted by atomic mass is 10.3. The van der Waals surface area contributed by atoms with Gasteiger partial charge in [0.25, 0.3) is 0 Å². The molecule has 0 bridgehead atoms. The van der Waals surface area contributed by atoms with Crippen LogP contribution in [-0.2, 0) is 4.79 Å². The molecule has 0 unspecified atom stereocenters. The van der Waals surface area contributed by atoms with Gasteiger partial charge in [-0.1, -0.05) is 0 Å². The highest BCUT2D eigenvalue weighted by Crippen LogP contribution is 2.34. The fourth-order valence-corrected chi connectivity index (χ4v) is 2.86. The maximum absolute atomic E-state index is 11.4. The second-order valence-electron chi connectivity index (χ2n) is 5.83. The molecule has 1 aromatic rings. The number of hydrogen-bond donors (Lipinski definition) is 1. The van der Waals surface area contributed by atoms with Gasteiger partial charge in [0.15, 0.2) is 17.5 Å². The van der Waals surface area contributed by atoms with Crippen molar-refractivity contribution in [2.75, 3.05) is 53.2 Å². The molecule has 0 radical (unpaired) electrons. The smallest absolute Gasteiger partial charge is 0.231 e. The van der Waals surface area contributed by atoms with Crippen LogP contribution in [0.15, 0.2) is 23.2 Å². The third-order valence-electron chi connectivity index (χ3n) is 4.23. The van der Waals surface area contributed by atoms with Gasteiger partial charge in [-0.25, -0.2) is 0 Å². The standard InChI is InChI=1S/C17H24N4O4/c1-13(22)20-6-8-21(9-7-20)17(18-2)19-5-10-23-14-3-4-15-16(11-14)25-12-24-15/h3-4,11H,5-10,12H2,1-2H3,(H,18,19). The maximum Gasteiger partial charge on any atom is 0.231 e. The first kappa shape index (κ1) is 17.2. The van der Waals surface area contributed by atoms with E-state index >= 15 is 0 Å². The number of carbonyl (C=O) groups is 1. The summed E-state index contributed by atoms with van der Waals surface area (Å²) in [5.74, 6) is 3.16. The minimum Gasteiger partial charge on any atom is -0.492 e. The molecular weight excluding hydrogens is 324 g/mol. The second-order valence-corrected chi connectivity index (χ2v) is 5.83. The van der Waals surface area contributed by atoms with E-state index in [-0.39, 0.29) is 12.7 Å². The number of nitrogens with zero attached hydrogens (tertiary/aromatic N) is 3. The summed E-state index contributed by atoms with van der Waals surface area (Å²) in [6.45, 7) is 6.02. The van der Waals surface area contributed by atoms with Crippen molar-refractivity contribution < 1.29 is 19.0 Å². The highest BCUT2D eigenvalue weighted by atomic mass is 16.7. The molecule has 0 aromatic heterocycles. The summed E-state index contributed by atoms with van der Waals surface area (Å²) in [4.78, 5) is 19.7. The number of nitrogens with one attached hydrogen (secondary N) is 1. The van der Waals surface area contributed by atoms with Crippen LogP contribution in [0.4, 0.5) is 0 Å². The quantitative estimate of drug-likeness (QED) is 0.486. The van der Waals surface area contributed by atoms with E-state index in [9.17, 15) is 4.79 Å². The molecule has 8 nitrogen and oxygen atoms in total. The van der Waals surface area contributed by atoms with E-state index in [1.807, 2.05) is 23.1 Å². The highest BCUT2D eigenvalue weighted by molar-refractivity contribution is 5.80. The molecular formula is C17H24N4O4. The number of hydrogen-bond acceptors (Lipinski definition) is 5. The zero-order valence-corrected chi connectivity index (χ0v) is 14.7. The average molecular weight is 348 g/mol. The van der Waals surface area contributed by atoms with Gasteiger partial charge < -0.3 is 29.3 Å². The monoisotopic (exact) mass is 348 g/mol. The molecule has 0 spiro atoms. The van der Waals surface area contributed by atoms with Crippen LogP contribution in [0.2, 0.25) is 0 Å². The molecule has 0 aliphatic carbocycles. The maximum atomic E-state index is 11.4. The number of rotatable bonds is 4. The first-order valence-electron chi connectivity index (χ1n) is 8.41. The van der Waals surface area contributed by atoms with Gasteiger partial charge in [-0.15, -0.1) is 0 Å². The summed E-state index contributed by atoms with van der Waals surface area (Å²) >= 11 is 0. The normalized spacial score (nSPS) is 16.8. The molecule has 1 N–H and O–H groups in total. The van der Waals surface area contributed by atoms with E-state index in [0.29, 0.717) is 18.9 Å². The molecule has 25 heavy (non-hydrogen) atoms. The SMILES string of the molecule is CN=C(NCCOc1ccc2c(c1)OCO2)N1CCN(C(C)=O)CC1. The zero-order chi connectivity index (χ0) is 17.6. The molecule has 1 aromatic carbocycles. The summed E-state index contributed by atoms with van der Waals surface area (Å²) < 4.78 is 16.4. The summed E-state index contributed by atoms with van der Waals surface area (Å²) in [6.07, 6.45) is 0. The van der Waals surface area contributed by atoms with Gasteiger partial charge in [0.05, 0.1) is 6.54 Å². The zero-order valence-electron chi connectivity index (χ0n) is 14.7. The second kappa shape index (κ2) is 7.96. The van der Waals surface area contributed by atoms with Crippen LogP contribution in [-0.4, -0.2) is 74.8 Å². The summed E-state index contributed by atoms with van der Waals surface area (Å²) in [7, 11) is 1.76. The van der Waals surface area contributed by atoms with Crippen LogP contribution in [0, 0.1) is 0 Å². The van der Waals surface area contributed by atoms with Crippen molar-refractivity contribution >= 4 is 11.9 Å². The first-order chi connectivity index (χ1) is 12.2. The molecule has 2 heterocycles. The lowest BCUT2D eigenvalue weighted by Crippen LogP contribution is -2.53. The molecule has 2 aliphatic heterocycles. The van der Waals surface area contributed by atoms with Gasteiger partial charge in [0.2, 0.25) is 12.7 Å². The predicted octanol–water partition coefficient (Wildman–Crippen LogP) is 0.534. The molecule has 0 saturated carbocycles.